The number of aryl methyl sites for hydroxylation is 2. The smallest absolute Gasteiger partial charge is 0.0643 e. The summed E-state index contributed by atoms with van der Waals surface area (Å²) in [7, 11) is 0. The van der Waals surface area contributed by atoms with E-state index in [4.69, 9.17) is 0 Å². The first-order valence-corrected chi connectivity index (χ1v) is 9.45. The van der Waals surface area contributed by atoms with Crippen LogP contribution in [0.3, 0.4) is 0 Å². The Morgan fingerprint density at radius 1 is 1.00 bits per heavy atom. The van der Waals surface area contributed by atoms with Gasteiger partial charge in [-0.1, -0.05) is 31.9 Å². The topological polar surface area (TPSA) is 0 Å². The van der Waals surface area contributed by atoms with E-state index in [1.54, 1.807) is 11.1 Å². The Bertz CT molecular complexity index is 445. The number of hydrogen-bond acceptors (Lipinski definition) is 2. The summed E-state index contributed by atoms with van der Waals surface area (Å²) in [5.74, 6) is 3.30. The van der Waals surface area contributed by atoms with Gasteiger partial charge >= 0.3 is 0 Å². The second-order valence-corrected chi connectivity index (χ2v) is 9.11. The molecule has 0 bridgehead atoms. The van der Waals surface area contributed by atoms with E-state index in [0.717, 1.165) is 5.92 Å². The summed E-state index contributed by atoms with van der Waals surface area (Å²) in [6.07, 6.45) is 5.71. The van der Waals surface area contributed by atoms with E-state index in [1.807, 2.05) is 0 Å². The summed E-state index contributed by atoms with van der Waals surface area (Å²) in [6, 6.07) is 4.87. The van der Waals surface area contributed by atoms with Gasteiger partial charge in [0.2, 0.25) is 0 Å². The van der Waals surface area contributed by atoms with Crippen LogP contribution < -0.4 is 0 Å². The normalized spacial score (nSPS) is 25.9. The van der Waals surface area contributed by atoms with Crippen LogP contribution in [-0.2, 0) is 11.5 Å². The van der Waals surface area contributed by atoms with Crippen LogP contribution in [0, 0.1) is 19.8 Å². The summed E-state index contributed by atoms with van der Waals surface area (Å²) < 4.78 is 0.499. The summed E-state index contributed by atoms with van der Waals surface area (Å²) in [5.41, 5.74) is 6.10. The van der Waals surface area contributed by atoms with Crippen LogP contribution in [0.5, 0.6) is 0 Å². The molecule has 1 spiro atoms. The number of thioether (sulfide) groups is 2. The van der Waals surface area contributed by atoms with Crippen LogP contribution in [-0.4, -0.2) is 4.08 Å². The van der Waals surface area contributed by atoms with Crippen molar-refractivity contribution < 1.29 is 0 Å². The minimum atomic E-state index is 0.499. The molecular weight excluding hydrogens is 268 g/mol. The van der Waals surface area contributed by atoms with Crippen molar-refractivity contribution in [1.29, 1.82) is 0 Å². The van der Waals surface area contributed by atoms with E-state index in [-0.39, 0.29) is 0 Å². The first-order chi connectivity index (χ1) is 9.11. The molecule has 1 atom stereocenters. The predicted octanol–water partition coefficient (Wildman–Crippen LogP) is 5.69. The van der Waals surface area contributed by atoms with Gasteiger partial charge in [0.25, 0.3) is 0 Å². The van der Waals surface area contributed by atoms with Crippen molar-refractivity contribution in [3.63, 3.8) is 0 Å². The summed E-state index contributed by atoms with van der Waals surface area (Å²) in [6.45, 7) is 6.97. The molecule has 0 unspecified atom stereocenters. The zero-order chi connectivity index (χ0) is 13.5. The molecule has 0 saturated heterocycles. The van der Waals surface area contributed by atoms with E-state index < -0.39 is 0 Å². The fraction of sp³-hybridized carbons (Fsp3) is 0.647. The van der Waals surface area contributed by atoms with Crippen LogP contribution in [0.2, 0.25) is 0 Å². The third kappa shape index (κ3) is 2.58. The Morgan fingerprint density at radius 3 is 2.11 bits per heavy atom. The Labute approximate surface area is 126 Å². The number of benzene rings is 1. The molecule has 0 radical (unpaired) electrons. The average Bonchev–Trinajstić information content (AvgIpc) is 2.56. The molecule has 104 valence electrons. The Balaban J connectivity index is 1.88. The molecule has 0 nitrogen and oxygen atoms in total. The lowest BCUT2D eigenvalue weighted by Crippen LogP contribution is -2.32. The van der Waals surface area contributed by atoms with Crippen LogP contribution in [0.1, 0.15) is 54.9 Å². The molecule has 3 rings (SSSR count). The highest BCUT2D eigenvalue weighted by Crippen LogP contribution is 2.55. The maximum Gasteiger partial charge on any atom is 0.0643 e. The number of fused-ring (bicyclic) bond motifs is 1. The van der Waals surface area contributed by atoms with Crippen LogP contribution >= 0.6 is 23.5 Å². The van der Waals surface area contributed by atoms with Crippen molar-refractivity contribution in [2.45, 2.75) is 62.0 Å². The van der Waals surface area contributed by atoms with Gasteiger partial charge in [-0.25, -0.2) is 0 Å². The van der Waals surface area contributed by atoms with E-state index >= 15 is 0 Å². The van der Waals surface area contributed by atoms with Crippen molar-refractivity contribution in [3.05, 3.63) is 34.4 Å². The zero-order valence-corrected chi connectivity index (χ0v) is 13.9. The highest BCUT2D eigenvalue weighted by molar-refractivity contribution is 8.17. The Kier molecular flexibility index (Phi) is 3.92. The van der Waals surface area contributed by atoms with Crippen LogP contribution in [0.25, 0.3) is 0 Å². The van der Waals surface area contributed by atoms with Gasteiger partial charge in [-0.05, 0) is 54.9 Å². The van der Waals surface area contributed by atoms with Gasteiger partial charge in [0, 0.05) is 11.5 Å². The van der Waals surface area contributed by atoms with Gasteiger partial charge in [0.15, 0.2) is 0 Å². The molecule has 1 aromatic rings. The molecule has 1 aliphatic carbocycles. The number of rotatable bonds is 0. The molecular formula is C17H24S2. The first-order valence-electron chi connectivity index (χ1n) is 7.48. The minimum Gasteiger partial charge on any atom is -0.139 e. The largest absolute Gasteiger partial charge is 0.139 e. The van der Waals surface area contributed by atoms with Gasteiger partial charge in [0.1, 0.15) is 0 Å². The summed E-state index contributed by atoms with van der Waals surface area (Å²) >= 11 is 4.47. The van der Waals surface area contributed by atoms with Gasteiger partial charge in [-0.15, -0.1) is 23.5 Å². The lowest BCUT2D eigenvalue weighted by molar-refractivity contribution is 0.373. The lowest BCUT2D eigenvalue weighted by atomic mass is 9.90. The molecule has 1 saturated carbocycles. The predicted molar refractivity (Wildman–Crippen MR) is 88.9 cm³/mol. The second kappa shape index (κ2) is 5.37. The van der Waals surface area contributed by atoms with Crippen molar-refractivity contribution in [2.24, 2.45) is 5.92 Å². The number of hydrogen-bond donors (Lipinski definition) is 0. The summed E-state index contributed by atoms with van der Waals surface area (Å²) in [5, 5.41) is 0. The highest BCUT2D eigenvalue weighted by atomic mass is 32.2. The molecule has 0 amide bonds. The quantitative estimate of drug-likeness (QED) is 0.602. The monoisotopic (exact) mass is 292 g/mol. The molecule has 1 aliphatic heterocycles. The Hall–Kier alpha value is -0.0800. The average molecular weight is 293 g/mol. The molecule has 19 heavy (non-hydrogen) atoms. The standard InChI is InChI=1S/C17H24S2/c1-12-8-15-10-18-17(7-5-4-6-14(17)3)19-11-16(15)9-13(12)2/h8-9,14H,4-7,10-11H2,1-3H3/t14-/m0/s1. The second-order valence-electron chi connectivity index (χ2n) is 6.24. The van der Waals surface area contributed by atoms with Crippen molar-refractivity contribution >= 4 is 23.5 Å². The Morgan fingerprint density at radius 2 is 1.58 bits per heavy atom. The maximum absolute atomic E-state index is 2.48. The van der Waals surface area contributed by atoms with Crippen LogP contribution in [0.15, 0.2) is 12.1 Å². The molecule has 1 aromatic carbocycles. The van der Waals surface area contributed by atoms with E-state index in [2.05, 4.69) is 56.4 Å². The van der Waals surface area contributed by atoms with E-state index in [9.17, 15) is 0 Å². The molecule has 1 heterocycles. The lowest BCUT2D eigenvalue weighted by Gasteiger charge is -2.41. The van der Waals surface area contributed by atoms with Crippen molar-refractivity contribution in [3.8, 4) is 0 Å². The zero-order valence-electron chi connectivity index (χ0n) is 12.3. The highest BCUT2D eigenvalue weighted by Gasteiger charge is 2.40. The van der Waals surface area contributed by atoms with Gasteiger partial charge in [-0.3, -0.25) is 0 Å². The minimum absolute atomic E-state index is 0.499. The SMILES string of the molecule is Cc1cc2c(cc1C)CSC1(CCCC[C@@H]1C)SC2. The van der Waals surface area contributed by atoms with Gasteiger partial charge in [-0.2, -0.15) is 0 Å². The van der Waals surface area contributed by atoms with E-state index in [0.29, 0.717) is 4.08 Å². The van der Waals surface area contributed by atoms with Crippen LogP contribution in [0.4, 0.5) is 0 Å². The fourth-order valence-electron chi connectivity index (χ4n) is 3.36. The third-order valence-corrected chi connectivity index (χ3v) is 8.73. The van der Waals surface area contributed by atoms with E-state index in [1.165, 1.54) is 48.3 Å². The maximum atomic E-state index is 2.48. The molecule has 0 N–H and O–H groups in total. The van der Waals surface area contributed by atoms with Crippen molar-refractivity contribution in [1.82, 2.24) is 0 Å². The fourth-order valence-corrected chi connectivity index (χ4v) is 6.77. The summed E-state index contributed by atoms with van der Waals surface area (Å²) in [4.78, 5) is 0. The van der Waals surface area contributed by atoms with Crippen molar-refractivity contribution in [2.75, 3.05) is 0 Å². The molecule has 0 aromatic heterocycles. The van der Waals surface area contributed by atoms with Gasteiger partial charge in [0.05, 0.1) is 4.08 Å². The third-order valence-electron chi connectivity index (χ3n) is 4.92. The molecule has 2 aliphatic rings. The van der Waals surface area contributed by atoms with Gasteiger partial charge < -0.3 is 0 Å². The first kappa shape index (κ1) is 13.9. The molecule has 1 fully saturated rings. The molecule has 2 heteroatoms.